The number of epoxide rings is 1. The Labute approximate surface area is 114 Å². The summed E-state index contributed by atoms with van der Waals surface area (Å²) < 4.78 is 11.2. The molecule has 98 valence electrons. The van der Waals surface area contributed by atoms with Crippen molar-refractivity contribution in [3.05, 3.63) is 53.6 Å². The molecule has 1 saturated heterocycles. The van der Waals surface area contributed by atoms with Gasteiger partial charge in [0.2, 0.25) is 0 Å². The molecule has 1 atom stereocenters. The average molecular weight is 254 g/mol. The lowest BCUT2D eigenvalue weighted by atomic mass is 10.0. The second kappa shape index (κ2) is 5.06. The number of rotatable bonds is 4. The van der Waals surface area contributed by atoms with E-state index in [1.165, 1.54) is 16.7 Å². The zero-order valence-corrected chi connectivity index (χ0v) is 11.3. The van der Waals surface area contributed by atoms with Crippen LogP contribution in [0, 0.1) is 13.8 Å². The van der Waals surface area contributed by atoms with Gasteiger partial charge in [0.15, 0.2) is 0 Å². The maximum absolute atomic E-state index is 5.96. The first kappa shape index (κ1) is 12.2. The van der Waals surface area contributed by atoms with E-state index in [1.807, 2.05) is 0 Å². The smallest absolute Gasteiger partial charge is 0.130 e. The van der Waals surface area contributed by atoms with E-state index in [0.717, 1.165) is 17.9 Å². The molecule has 0 spiro atoms. The normalized spacial score (nSPS) is 17.3. The van der Waals surface area contributed by atoms with Crippen LogP contribution in [0.25, 0.3) is 11.1 Å². The van der Waals surface area contributed by atoms with Gasteiger partial charge in [-0.3, -0.25) is 0 Å². The van der Waals surface area contributed by atoms with Gasteiger partial charge in [0, 0.05) is 5.56 Å². The molecule has 0 saturated carbocycles. The highest BCUT2D eigenvalue weighted by molar-refractivity contribution is 5.72. The summed E-state index contributed by atoms with van der Waals surface area (Å²) in [6.07, 6.45) is 0.282. The minimum Gasteiger partial charge on any atom is -0.490 e. The Morgan fingerprint density at radius 2 is 1.95 bits per heavy atom. The van der Waals surface area contributed by atoms with Gasteiger partial charge in [0.1, 0.15) is 18.5 Å². The monoisotopic (exact) mass is 254 g/mol. The van der Waals surface area contributed by atoms with Crippen LogP contribution >= 0.6 is 0 Å². The third-order valence-corrected chi connectivity index (χ3v) is 3.36. The van der Waals surface area contributed by atoms with Crippen LogP contribution in [-0.2, 0) is 4.74 Å². The topological polar surface area (TPSA) is 21.8 Å². The fourth-order valence-electron chi connectivity index (χ4n) is 2.22. The summed E-state index contributed by atoms with van der Waals surface area (Å²) in [6.45, 7) is 5.66. The molecule has 19 heavy (non-hydrogen) atoms. The van der Waals surface area contributed by atoms with Crippen LogP contribution in [-0.4, -0.2) is 19.3 Å². The van der Waals surface area contributed by atoms with Crippen LogP contribution in [0.2, 0.25) is 0 Å². The standard InChI is InChI=1S/C17H18O2/c1-12-5-3-7-14(9-12)16-8-4-6-13(2)17(16)19-11-15-10-18-15/h3-9,15H,10-11H2,1-2H3. The summed E-state index contributed by atoms with van der Waals surface area (Å²) in [5, 5.41) is 0. The molecule has 1 unspecified atom stereocenters. The Bertz CT molecular complexity index is 586. The molecule has 1 aliphatic heterocycles. The van der Waals surface area contributed by atoms with Crippen LogP contribution < -0.4 is 4.74 Å². The Balaban J connectivity index is 1.96. The van der Waals surface area contributed by atoms with Crippen LogP contribution in [0.1, 0.15) is 11.1 Å². The van der Waals surface area contributed by atoms with E-state index >= 15 is 0 Å². The molecule has 0 N–H and O–H groups in total. The third-order valence-electron chi connectivity index (χ3n) is 3.36. The zero-order valence-electron chi connectivity index (χ0n) is 11.3. The van der Waals surface area contributed by atoms with Crippen molar-refractivity contribution in [3.63, 3.8) is 0 Å². The van der Waals surface area contributed by atoms with Gasteiger partial charge in [-0.1, -0.05) is 48.0 Å². The molecule has 1 heterocycles. The van der Waals surface area contributed by atoms with E-state index in [1.54, 1.807) is 0 Å². The molecule has 0 radical (unpaired) electrons. The van der Waals surface area contributed by atoms with E-state index in [9.17, 15) is 0 Å². The molecule has 3 rings (SSSR count). The van der Waals surface area contributed by atoms with Crippen molar-refractivity contribution in [2.75, 3.05) is 13.2 Å². The Kier molecular flexibility index (Phi) is 3.26. The Morgan fingerprint density at radius 1 is 1.16 bits per heavy atom. The summed E-state index contributed by atoms with van der Waals surface area (Å²) >= 11 is 0. The largest absolute Gasteiger partial charge is 0.490 e. The average Bonchev–Trinajstić information content (AvgIpc) is 3.21. The van der Waals surface area contributed by atoms with E-state index in [-0.39, 0.29) is 6.10 Å². The molecule has 0 aliphatic carbocycles. The first-order valence-electron chi connectivity index (χ1n) is 6.65. The summed E-state index contributed by atoms with van der Waals surface area (Å²) in [4.78, 5) is 0. The zero-order chi connectivity index (χ0) is 13.2. The van der Waals surface area contributed by atoms with E-state index in [4.69, 9.17) is 9.47 Å². The lowest BCUT2D eigenvalue weighted by Gasteiger charge is -2.14. The van der Waals surface area contributed by atoms with Gasteiger partial charge in [-0.05, 0) is 25.0 Å². The predicted molar refractivity (Wildman–Crippen MR) is 76.6 cm³/mol. The third kappa shape index (κ3) is 2.79. The minimum atomic E-state index is 0.282. The van der Waals surface area contributed by atoms with Crippen molar-refractivity contribution in [1.29, 1.82) is 0 Å². The molecule has 0 aromatic heterocycles. The number of hydrogen-bond acceptors (Lipinski definition) is 2. The van der Waals surface area contributed by atoms with Crippen molar-refractivity contribution in [2.24, 2.45) is 0 Å². The minimum absolute atomic E-state index is 0.282. The van der Waals surface area contributed by atoms with Gasteiger partial charge in [-0.25, -0.2) is 0 Å². The highest BCUT2D eigenvalue weighted by Crippen LogP contribution is 2.33. The van der Waals surface area contributed by atoms with Crippen molar-refractivity contribution in [2.45, 2.75) is 20.0 Å². The van der Waals surface area contributed by atoms with Crippen LogP contribution in [0.3, 0.4) is 0 Å². The maximum atomic E-state index is 5.96. The fraction of sp³-hybridized carbons (Fsp3) is 0.294. The number of hydrogen-bond donors (Lipinski definition) is 0. The number of benzene rings is 2. The lowest BCUT2D eigenvalue weighted by molar-refractivity contribution is 0.262. The van der Waals surface area contributed by atoms with Gasteiger partial charge in [-0.15, -0.1) is 0 Å². The molecule has 2 heteroatoms. The SMILES string of the molecule is Cc1cccc(-c2cccc(C)c2OCC2CO2)c1. The van der Waals surface area contributed by atoms with Gasteiger partial charge in [0.25, 0.3) is 0 Å². The molecule has 0 amide bonds. The maximum Gasteiger partial charge on any atom is 0.130 e. The lowest BCUT2D eigenvalue weighted by Crippen LogP contribution is -2.06. The summed E-state index contributed by atoms with van der Waals surface area (Å²) in [7, 11) is 0. The number of ether oxygens (including phenoxy) is 2. The molecule has 2 aromatic carbocycles. The predicted octanol–water partition coefficient (Wildman–Crippen LogP) is 3.75. The highest BCUT2D eigenvalue weighted by atomic mass is 16.6. The summed E-state index contributed by atoms with van der Waals surface area (Å²) in [5.74, 6) is 0.976. The fourth-order valence-corrected chi connectivity index (χ4v) is 2.22. The molecular weight excluding hydrogens is 236 g/mol. The van der Waals surface area contributed by atoms with E-state index < -0.39 is 0 Å². The molecule has 2 nitrogen and oxygen atoms in total. The van der Waals surface area contributed by atoms with Gasteiger partial charge >= 0.3 is 0 Å². The molecule has 1 aliphatic rings. The first-order chi connectivity index (χ1) is 9.24. The van der Waals surface area contributed by atoms with Crippen molar-refractivity contribution < 1.29 is 9.47 Å². The van der Waals surface area contributed by atoms with Gasteiger partial charge in [-0.2, -0.15) is 0 Å². The van der Waals surface area contributed by atoms with Crippen molar-refractivity contribution >= 4 is 0 Å². The Morgan fingerprint density at radius 3 is 2.68 bits per heavy atom. The van der Waals surface area contributed by atoms with Crippen LogP contribution in [0.15, 0.2) is 42.5 Å². The highest BCUT2D eigenvalue weighted by Gasteiger charge is 2.24. The molecular formula is C17H18O2. The summed E-state index contributed by atoms with van der Waals surface area (Å²) in [6, 6.07) is 14.8. The van der Waals surface area contributed by atoms with E-state index in [0.29, 0.717) is 6.61 Å². The van der Waals surface area contributed by atoms with Gasteiger partial charge in [0.05, 0.1) is 6.61 Å². The quantitative estimate of drug-likeness (QED) is 0.775. The second-order valence-corrected chi connectivity index (χ2v) is 5.09. The van der Waals surface area contributed by atoms with Crippen LogP contribution in [0.5, 0.6) is 5.75 Å². The van der Waals surface area contributed by atoms with Crippen molar-refractivity contribution in [1.82, 2.24) is 0 Å². The first-order valence-corrected chi connectivity index (χ1v) is 6.65. The van der Waals surface area contributed by atoms with Gasteiger partial charge < -0.3 is 9.47 Å². The second-order valence-electron chi connectivity index (χ2n) is 5.09. The molecule has 2 aromatic rings. The molecule has 0 bridgehead atoms. The number of para-hydroxylation sites is 1. The summed E-state index contributed by atoms with van der Waals surface area (Å²) in [5.41, 5.74) is 4.79. The number of aryl methyl sites for hydroxylation is 2. The Hall–Kier alpha value is -1.80. The molecule has 1 fully saturated rings. The van der Waals surface area contributed by atoms with Crippen molar-refractivity contribution in [3.8, 4) is 16.9 Å². The van der Waals surface area contributed by atoms with Crippen LogP contribution in [0.4, 0.5) is 0 Å². The van der Waals surface area contributed by atoms with E-state index in [2.05, 4.69) is 56.3 Å².